The first kappa shape index (κ1) is 16.4. The number of carbonyl (C=O) groups excluding carboxylic acids is 3. The van der Waals surface area contributed by atoms with E-state index in [0.717, 1.165) is 23.3 Å². The average molecular weight is 343 g/mol. The van der Waals surface area contributed by atoms with E-state index in [0.29, 0.717) is 33.8 Å². The van der Waals surface area contributed by atoms with Crippen LogP contribution in [0.2, 0.25) is 0 Å². The maximum Gasteiger partial charge on any atom is 0.350 e. The Labute approximate surface area is 143 Å². The van der Waals surface area contributed by atoms with Crippen molar-refractivity contribution in [3.63, 3.8) is 0 Å². The third kappa shape index (κ3) is 3.10. The molecule has 124 valence electrons. The topological polar surface area (TPSA) is 72.5 Å². The molecule has 1 heterocycles. The van der Waals surface area contributed by atoms with E-state index >= 15 is 0 Å². The Morgan fingerprint density at radius 2 is 1.96 bits per heavy atom. The minimum absolute atomic E-state index is 0.0204. The lowest BCUT2D eigenvalue weighted by molar-refractivity contribution is 0.0533. The van der Waals surface area contributed by atoms with Crippen molar-refractivity contribution < 1.29 is 19.1 Å². The number of benzene rings is 1. The molecule has 1 aliphatic carbocycles. The number of esters is 1. The van der Waals surface area contributed by atoms with E-state index in [1.165, 1.54) is 0 Å². The molecule has 0 unspecified atom stereocenters. The van der Waals surface area contributed by atoms with E-state index < -0.39 is 5.97 Å². The summed E-state index contributed by atoms with van der Waals surface area (Å²) in [4.78, 5) is 37.7. The van der Waals surface area contributed by atoms with E-state index in [4.69, 9.17) is 4.74 Å². The molecule has 1 N–H and O–H groups in total. The Balaban J connectivity index is 2.00. The molecular formula is C18H17NO4S. The standard InChI is InChI=1S/C18H17NO4S/c1-2-23-18(22)16-14(12-9-6-10-13(20)15(12)24-16)19-17(21)11-7-4-3-5-8-11/h3-5,7-8H,2,6,9-10H2,1H3,(H,19,21). The lowest BCUT2D eigenvalue weighted by Gasteiger charge is -2.13. The first-order valence-corrected chi connectivity index (χ1v) is 8.65. The highest BCUT2D eigenvalue weighted by Gasteiger charge is 2.30. The molecule has 0 saturated heterocycles. The normalized spacial score (nSPS) is 13.3. The number of rotatable bonds is 4. The number of Topliss-reactive ketones (excluding diaryl/α,β-unsaturated/α-hetero) is 1. The number of anilines is 1. The summed E-state index contributed by atoms with van der Waals surface area (Å²) in [6.45, 7) is 1.96. The third-order valence-corrected chi connectivity index (χ3v) is 5.08. The van der Waals surface area contributed by atoms with Gasteiger partial charge >= 0.3 is 5.97 Å². The van der Waals surface area contributed by atoms with Crippen LogP contribution in [0.25, 0.3) is 0 Å². The van der Waals surface area contributed by atoms with Crippen LogP contribution in [0.5, 0.6) is 0 Å². The van der Waals surface area contributed by atoms with Crippen molar-refractivity contribution in [1.29, 1.82) is 0 Å². The molecule has 5 nitrogen and oxygen atoms in total. The second kappa shape index (κ2) is 6.97. The van der Waals surface area contributed by atoms with Gasteiger partial charge in [-0.25, -0.2) is 4.79 Å². The van der Waals surface area contributed by atoms with E-state index in [9.17, 15) is 14.4 Å². The van der Waals surface area contributed by atoms with Crippen molar-refractivity contribution in [3.05, 3.63) is 51.2 Å². The van der Waals surface area contributed by atoms with Gasteiger partial charge in [0.1, 0.15) is 4.88 Å². The van der Waals surface area contributed by atoms with Crippen LogP contribution in [0.4, 0.5) is 5.69 Å². The average Bonchev–Trinajstić information content (AvgIpc) is 2.96. The van der Waals surface area contributed by atoms with Crippen molar-refractivity contribution in [3.8, 4) is 0 Å². The predicted octanol–water partition coefficient (Wildman–Crippen LogP) is 3.70. The summed E-state index contributed by atoms with van der Waals surface area (Å²) in [5.74, 6) is -0.792. The first-order chi connectivity index (χ1) is 11.6. The number of carbonyl (C=O) groups is 3. The summed E-state index contributed by atoms with van der Waals surface area (Å²) >= 11 is 1.12. The van der Waals surface area contributed by atoms with Gasteiger partial charge in [0.15, 0.2) is 5.78 Å². The zero-order chi connectivity index (χ0) is 17.1. The molecule has 2 aromatic rings. The van der Waals surface area contributed by atoms with Crippen LogP contribution in [0.15, 0.2) is 30.3 Å². The number of ether oxygens (including phenoxy) is 1. The molecule has 1 aromatic carbocycles. The zero-order valence-corrected chi connectivity index (χ0v) is 14.1. The summed E-state index contributed by atoms with van der Waals surface area (Å²) in [6.07, 6.45) is 1.86. The van der Waals surface area contributed by atoms with Crippen LogP contribution < -0.4 is 5.32 Å². The first-order valence-electron chi connectivity index (χ1n) is 7.84. The van der Waals surface area contributed by atoms with Crippen LogP contribution >= 0.6 is 11.3 Å². The summed E-state index contributed by atoms with van der Waals surface area (Å²) in [7, 11) is 0. The van der Waals surface area contributed by atoms with Gasteiger partial charge in [0.25, 0.3) is 5.91 Å². The van der Waals surface area contributed by atoms with Crippen molar-refractivity contribution in [2.75, 3.05) is 11.9 Å². The van der Waals surface area contributed by atoms with E-state index in [1.54, 1.807) is 31.2 Å². The number of amides is 1. The zero-order valence-electron chi connectivity index (χ0n) is 13.3. The maximum absolute atomic E-state index is 12.5. The summed E-state index contributed by atoms with van der Waals surface area (Å²) < 4.78 is 5.08. The molecular weight excluding hydrogens is 326 g/mol. The highest BCUT2D eigenvalue weighted by atomic mass is 32.1. The van der Waals surface area contributed by atoms with Crippen molar-refractivity contribution in [1.82, 2.24) is 0 Å². The Hall–Kier alpha value is -2.47. The molecule has 1 amide bonds. The number of thiophene rings is 1. The van der Waals surface area contributed by atoms with Crippen LogP contribution in [0.1, 0.15) is 55.0 Å². The van der Waals surface area contributed by atoms with E-state index in [1.807, 2.05) is 6.07 Å². The predicted molar refractivity (Wildman–Crippen MR) is 91.9 cm³/mol. The molecule has 0 radical (unpaired) electrons. The lowest BCUT2D eigenvalue weighted by atomic mass is 9.96. The molecule has 3 rings (SSSR count). The lowest BCUT2D eigenvalue weighted by Crippen LogP contribution is -2.16. The SMILES string of the molecule is CCOC(=O)c1sc2c(c1NC(=O)c1ccccc1)CCCC2=O. The minimum atomic E-state index is -0.506. The highest BCUT2D eigenvalue weighted by molar-refractivity contribution is 7.16. The Morgan fingerprint density at radius 3 is 2.67 bits per heavy atom. The minimum Gasteiger partial charge on any atom is -0.462 e. The number of hydrogen-bond donors (Lipinski definition) is 1. The number of hydrogen-bond acceptors (Lipinski definition) is 5. The fourth-order valence-corrected chi connectivity index (χ4v) is 3.88. The Kier molecular flexibility index (Phi) is 4.76. The molecule has 1 aliphatic rings. The third-order valence-electron chi connectivity index (χ3n) is 3.83. The maximum atomic E-state index is 12.5. The van der Waals surface area contributed by atoms with Gasteiger partial charge in [-0.2, -0.15) is 0 Å². The molecule has 0 bridgehead atoms. The molecule has 0 saturated carbocycles. The van der Waals surface area contributed by atoms with Gasteiger partial charge in [-0.1, -0.05) is 18.2 Å². The number of nitrogens with one attached hydrogen (secondary N) is 1. The van der Waals surface area contributed by atoms with Gasteiger partial charge in [0.05, 0.1) is 17.2 Å². The Bertz CT molecular complexity index is 795. The van der Waals surface area contributed by atoms with Gasteiger partial charge in [0.2, 0.25) is 0 Å². The van der Waals surface area contributed by atoms with Crippen LogP contribution in [-0.2, 0) is 11.2 Å². The molecule has 0 aliphatic heterocycles. The molecule has 6 heteroatoms. The van der Waals surface area contributed by atoms with Gasteiger partial charge in [-0.05, 0) is 37.5 Å². The second-order valence-electron chi connectivity index (χ2n) is 5.43. The summed E-state index contributed by atoms with van der Waals surface area (Å²) in [6, 6.07) is 8.76. The van der Waals surface area contributed by atoms with E-state index in [-0.39, 0.29) is 18.3 Å². The molecule has 0 fully saturated rings. The second-order valence-corrected chi connectivity index (χ2v) is 6.45. The van der Waals surface area contributed by atoms with Gasteiger partial charge in [0, 0.05) is 12.0 Å². The van der Waals surface area contributed by atoms with Crippen LogP contribution in [-0.4, -0.2) is 24.3 Å². The summed E-state index contributed by atoms with van der Waals surface area (Å²) in [5, 5.41) is 2.81. The quantitative estimate of drug-likeness (QED) is 0.859. The summed E-state index contributed by atoms with van der Waals surface area (Å²) in [5.41, 5.74) is 1.67. The molecule has 0 atom stereocenters. The van der Waals surface area contributed by atoms with Crippen molar-refractivity contribution in [2.24, 2.45) is 0 Å². The van der Waals surface area contributed by atoms with Gasteiger partial charge < -0.3 is 10.1 Å². The Morgan fingerprint density at radius 1 is 1.21 bits per heavy atom. The van der Waals surface area contributed by atoms with Gasteiger partial charge in [-0.15, -0.1) is 11.3 Å². The fourth-order valence-electron chi connectivity index (χ4n) is 2.72. The largest absolute Gasteiger partial charge is 0.462 e. The molecule has 0 spiro atoms. The number of fused-ring (bicyclic) bond motifs is 1. The monoisotopic (exact) mass is 343 g/mol. The van der Waals surface area contributed by atoms with E-state index in [2.05, 4.69) is 5.32 Å². The smallest absolute Gasteiger partial charge is 0.350 e. The van der Waals surface area contributed by atoms with Gasteiger partial charge in [-0.3, -0.25) is 9.59 Å². The number of ketones is 1. The van der Waals surface area contributed by atoms with Crippen LogP contribution in [0.3, 0.4) is 0 Å². The molecule has 24 heavy (non-hydrogen) atoms. The fraction of sp³-hybridized carbons (Fsp3) is 0.278. The molecule has 1 aromatic heterocycles. The van der Waals surface area contributed by atoms with Crippen molar-refractivity contribution in [2.45, 2.75) is 26.2 Å². The van der Waals surface area contributed by atoms with Crippen LogP contribution in [0, 0.1) is 0 Å². The van der Waals surface area contributed by atoms with Crippen molar-refractivity contribution >= 4 is 34.7 Å². The highest BCUT2D eigenvalue weighted by Crippen LogP contribution is 2.39.